The van der Waals surface area contributed by atoms with Gasteiger partial charge in [0.15, 0.2) is 0 Å². The van der Waals surface area contributed by atoms with Crippen LogP contribution in [0.5, 0.6) is 17.2 Å². The fourth-order valence-electron chi connectivity index (χ4n) is 4.53. The molecule has 2 atom stereocenters. The van der Waals surface area contributed by atoms with Gasteiger partial charge < -0.3 is 9.47 Å². The van der Waals surface area contributed by atoms with Crippen molar-refractivity contribution in [1.82, 2.24) is 4.90 Å². The summed E-state index contributed by atoms with van der Waals surface area (Å²) in [4.78, 5) is 2.53. The van der Waals surface area contributed by atoms with Crippen molar-refractivity contribution in [3.8, 4) is 17.2 Å². The smallest absolute Gasteiger partial charge is 0.131 e. The Hall–Kier alpha value is -2.49. The molecule has 0 N–H and O–H groups in total. The maximum absolute atomic E-state index is 6.35. The van der Waals surface area contributed by atoms with Gasteiger partial charge in [0.25, 0.3) is 0 Å². The largest absolute Gasteiger partial charge is 0.497 e. The standard InChI is InChI=1S/C24H22ClNO2/c1-27-18-9-6-16(7-10-18)13-26-14-21-19-4-2-3-5-23(19)28-24-11-8-17(25)12-20(24)22(21)15-26/h2-12,21-22H,13-15H2,1H3/t21-,22-/m1/s1. The molecule has 3 nitrogen and oxygen atoms in total. The van der Waals surface area contributed by atoms with Gasteiger partial charge in [-0.3, -0.25) is 4.90 Å². The Morgan fingerprint density at radius 1 is 0.929 bits per heavy atom. The zero-order valence-electron chi connectivity index (χ0n) is 15.8. The SMILES string of the molecule is COc1ccc(CN2C[C@@H]3c4ccccc4Oc4ccc(Cl)cc4[C@H]3C2)cc1. The van der Waals surface area contributed by atoms with Crippen molar-refractivity contribution in [3.05, 3.63) is 88.4 Å². The Labute approximate surface area is 170 Å². The molecule has 0 spiro atoms. The third-order valence-electron chi connectivity index (χ3n) is 5.87. The quantitative estimate of drug-likeness (QED) is 0.560. The Bertz CT molecular complexity index is 1000. The number of nitrogens with zero attached hydrogens (tertiary/aromatic N) is 1. The Balaban J connectivity index is 1.49. The molecule has 0 saturated carbocycles. The molecule has 0 aromatic heterocycles. The number of halogens is 1. The molecule has 1 saturated heterocycles. The average molecular weight is 392 g/mol. The van der Waals surface area contributed by atoms with Gasteiger partial charge in [-0.15, -0.1) is 0 Å². The molecule has 3 aromatic rings. The van der Waals surface area contributed by atoms with E-state index in [0.29, 0.717) is 11.8 Å². The summed E-state index contributed by atoms with van der Waals surface area (Å²) in [7, 11) is 1.70. The molecule has 2 heterocycles. The van der Waals surface area contributed by atoms with Crippen LogP contribution in [0.25, 0.3) is 0 Å². The fourth-order valence-corrected chi connectivity index (χ4v) is 4.71. The number of hydrogen-bond donors (Lipinski definition) is 0. The van der Waals surface area contributed by atoms with Gasteiger partial charge in [-0.25, -0.2) is 0 Å². The predicted molar refractivity (Wildman–Crippen MR) is 112 cm³/mol. The highest BCUT2D eigenvalue weighted by Gasteiger charge is 2.39. The summed E-state index contributed by atoms with van der Waals surface area (Å²) < 4.78 is 11.6. The minimum Gasteiger partial charge on any atom is -0.497 e. The zero-order chi connectivity index (χ0) is 19.1. The molecule has 5 rings (SSSR count). The predicted octanol–water partition coefficient (Wildman–Crippen LogP) is 5.84. The molecule has 1 fully saturated rings. The molecular weight excluding hydrogens is 370 g/mol. The first-order valence-corrected chi connectivity index (χ1v) is 10.0. The highest BCUT2D eigenvalue weighted by molar-refractivity contribution is 6.30. The molecular formula is C24H22ClNO2. The van der Waals surface area contributed by atoms with Crippen LogP contribution in [0.15, 0.2) is 66.7 Å². The number of methoxy groups -OCH3 is 1. The van der Waals surface area contributed by atoms with Crippen LogP contribution in [0, 0.1) is 0 Å². The second-order valence-corrected chi connectivity index (χ2v) is 8.01. The van der Waals surface area contributed by atoms with E-state index in [0.717, 1.165) is 41.9 Å². The lowest BCUT2D eigenvalue weighted by Crippen LogP contribution is -2.20. The Morgan fingerprint density at radius 3 is 2.43 bits per heavy atom. The van der Waals surface area contributed by atoms with Crippen molar-refractivity contribution in [2.45, 2.75) is 18.4 Å². The summed E-state index contributed by atoms with van der Waals surface area (Å²) in [6.45, 7) is 2.92. The molecule has 4 heteroatoms. The zero-order valence-corrected chi connectivity index (χ0v) is 16.5. The molecule has 0 bridgehead atoms. The Kier molecular flexibility index (Phi) is 4.50. The third-order valence-corrected chi connectivity index (χ3v) is 6.11. The van der Waals surface area contributed by atoms with Crippen molar-refractivity contribution in [3.63, 3.8) is 0 Å². The number of benzene rings is 3. The maximum Gasteiger partial charge on any atom is 0.131 e. The van der Waals surface area contributed by atoms with E-state index in [2.05, 4.69) is 41.3 Å². The van der Waals surface area contributed by atoms with Gasteiger partial charge >= 0.3 is 0 Å². The van der Waals surface area contributed by atoms with E-state index >= 15 is 0 Å². The summed E-state index contributed by atoms with van der Waals surface area (Å²) in [6, 6.07) is 22.8. The van der Waals surface area contributed by atoms with E-state index in [4.69, 9.17) is 21.1 Å². The van der Waals surface area contributed by atoms with Crippen LogP contribution >= 0.6 is 11.6 Å². The lowest BCUT2D eigenvalue weighted by Gasteiger charge is -2.18. The van der Waals surface area contributed by atoms with E-state index in [-0.39, 0.29) is 0 Å². The van der Waals surface area contributed by atoms with Gasteiger partial charge in [0, 0.05) is 42.1 Å². The van der Waals surface area contributed by atoms with Crippen LogP contribution in [0.2, 0.25) is 5.02 Å². The van der Waals surface area contributed by atoms with Crippen LogP contribution in [-0.4, -0.2) is 25.1 Å². The van der Waals surface area contributed by atoms with Crippen molar-refractivity contribution >= 4 is 11.6 Å². The first-order valence-electron chi connectivity index (χ1n) is 9.63. The maximum atomic E-state index is 6.35. The second kappa shape index (κ2) is 7.16. The van der Waals surface area contributed by atoms with Crippen LogP contribution in [0.1, 0.15) is 28.5 Å². The van der Waals surface area contributed by atoms with Crippen molar-refractivity contribution < 1.29 is 9.47 Å². The first-order chi connectivity index (χ1) is 13.7. The summed E-state index contributed by atoms with van der Waals surface area (Å²) in [5, 5.41) is 0.765. The summed E-state index contributed by atoms with van der Waals surface area (Å²) in [6.07, 6.45) is 0. The number of likely N-dealkylation sites (tertiary alicyclic amines) is 1. The summed E-state index contributed by atoms with van der Waals surface area (Å²) in [5.74, 6) is 3.55. The number of ether oxygens (including phenoxy) is 2. The van der Waals surface area contributed by atoms with Crippen molar-refractivity contribution in [2.75, 3.05) is 20.2 Å². The van der Waals surface area contributed by atoms with E-state index in [1.54, 1.807) is 7.11 Å². The van der Waals surface area contributed by atoms with Gasteiger partial charge in [-0.05, 0) is 47.5 Å². The highest BCUT2D eigenvalue weighted by Crippen LogP contribution is 2.50. The van der Waals surface area contributed by atoms with Crippen LogP contribution in [0.3, 0.4) is 0 Å². The van der Waals surface area contributed by atoms with Crippen LogP contribution in [-0.2, 0) is 6.54 Å². The molecule has 142 valence electrons. The molecule has 0 aliphatic carbocycles. The molecule has 0 amide bonds. The second-order valence-electron chi connectivity index (χ2n) is 7.58. The van der Waals surface area contributed by atoms with Gasteiger partial charge in [-0.1, -0.05) is 41.9 Å². The summed E-state index contributed by atoms with van der Waals surface area (Å²) in [5.41, 5.74) is 3.80. The average Bonchev–Trinajstić information content (AvgIpc) is 3.08. The summed E-state index contributed by atoms with van der Waals surface area (Å²) >= 11 is 6.35. The number of hydrogen-bond acceptors (Lipinski definition) is 3. The minimum absolute atomic E-state index is 0.371. The lowest BCUT2D eigenvalue weighted by atomic mass is 9.84. The Morgan fingerprint density at radius 2 is 1.64 bits per heavy atom. The number of fused-ring (bicyclic) bond motifs is 5. The van der Waals surface area contributed by atoms with E-state index in [9.17, 15) is 0 Å². The van der Waals surface area contributed by atoms with Gasteiger partial charge in [0.2, 0.25) is 0 Å². The monoisotopic (exact) mass is 391 g/mol. The van der Waals surface area contributed by atoms with E-state index < -0.39 is 0 Å². The molecule has 0 radical (unpaired) electrons. The third kappa shape index (κ3) is 3.15. The fraction of sp³-hybridized carbons (Fsp3) is 0.250. The van der Waals surface area contributed by atoms with Gasteiger partial charge in [0.1, 0.15) is 17.2 Å². The normalized spacial score (nSPS) is 20.5. The molecule has 2 aliphatic rings. The van der Waals surface area contributed by atoms with Crippen molar-refractivity contribution in [1.29, 1.82) is 0 Å². The topological polar surface area (TPSA) is 21.7 Å². The van der Waals surface area contributed by atoms with Gasteiger partial charge in [0.05, 0.1) is 7.11 Å². The number of rotatable bonds is 3. The van der Waals surface area contributed by atoms with Gasteiger partial charge in [-0.2, -0.15) is 0 Å². The number of para-hydroxylation sites is 1. The highest BCUT2D eigenvalue weighted by atomic mass is 35.5. The van der Waals surface area contributed by atoms with Crippen LogP contribution < -0.4 is 9.47 Å². The first kappa shape index (κ1) is 17.6. The molecule has 0 unspecified atom stereocenters. The van der Waals surface area contributed by atoms with E-state index in [1.807, 2.05) is 30.3 Å². The lowest BCUT2D eigenvalue weighted by molar-refractivity contribution is 0.321. The van der Waals surface area contributed by atoms with E-state index in [1.165, 1.54) is 16.7 Å². The molecule has 2 aliphatic heterocycles. The minimum atomic E-state index is 0.371. The molecule has 3 aromatic carbocycles. The van der Waals surface area contributed by atoms with Crippen LogP contribution in [0.4, 0.5) is 0 Å². The molecule has 28 heavy (non-hydrogen) atoms. The van der Waals surface area contributed by atoms with Crippen molar-refractivity contribution in [2.24, 2.45) is 0 Å².